The molecular weight excluding hydrogens is 381 g/mol. The summed E-state index contributed by atoms with van der Waals surface area (Å²) in [6.45, 7) is 4.40. The van der Waals surface area contributed by atoms with E-state index in [1.807, 2.05) is 38.1 Å². The monoisotopic (exact) mass is 399 g/mol. The minimum atomic E-state index is 0.148. The third-order valence-electron chi connectivity index (χ3n) is 2.71. The van der Waals surface area contributed by atoms with Crippen LogP contribution in [0.4, 0.5) is 5.82 Å². The van der Waals surface area contributed by atoms with Crippen LogP contribution >= 0.6 is 22.6 Å². The van der Waals surface area contributed by atoms with Crippen LogP contribution in [0.5, 0.6) is 5.75 Å². The third-order valence-corrected chi connectivity index (χ3v) is 3.89. The number of rotatable bonds is 5. The van der Waals surface area contributed by atoms with Gasteiger partial charge in [0.15, 0.2) is 5.82 Å². The maximum absolute atomic E-state index is 5.95. The van der Waals surface area contributed by atoms with Gasteiger partial charge >= 0.3 is 0 Å². The number of nitrogens with zero attached hydrogens (tertiary/aromatic N) is 2. The summed E-state index contributed by atoms with van der Waals surface area (Å²) < 4.78 is 11.6. The van der Waals surface area contributed by atoms with Crippen LogP contribution in [0, 0.1) is 3.57 Å². The van der Waals surface area contributed by atoms with Crippen molar-refractivity contribution in [1.29, 1.82) is 0 Å². The average molecular weight is 399 g/mol. The lowest BCUT2D eigenvalue weighted by atomic mass is 10.2. The van der Waals surface area contributed by atoms with E-state index >= 15 is 0 Å². The van der Waals surface area contributed by atoms with Gasteiger partial charge in [-0.05, 0) is 60.7 Å². The minimum absolute atomic E-state index is 0.148. The second kappa shape index (κ2) is 7.04. The Morgan fingerprint density at radius 2 is 1.86 bits per heavy atom. The molecule has 1 aromatic heterocycles. The van der Waals surface area contributed by atoms with Gasteiger partial charge in [0.25, 0.3) is 0 Å². The van der Waals surface area contributed by atoms with Crippen LogP contribution in [0.1, 0.15) is 19.5 Å². The number of methoxy groups -OCH3 is 1. The standard InChI is InChI=1S/C15H18IN3O2/c1-9(2)21-11-6-4-10(5-7-11)15-18-12(8-20-3)13(16)14(17)19-15/h4-7,9H,8H2,1-3H3,(H2,17,18,19). The average Bonchev–Trinajstić information content (AvgIpc) is 2.44. The molecule has 0 unspecified atom stereocenters. The lowest BCUT2D eigenvalue weighted by Crippen LogP contribution is -2.06. The van der Waals surface area contributed by atoms with Gasteiger partial charge < -0.3 is 15.2 Å². The first-order chi connectivity index (χ1) is 10.0. The maximum atomic E-state index is 5.95. The third kappa shape index (κ3) is 4.04. The van der Waals surface area contributed by atoms with Gasteiger partial charge in [-0.25, -0.2) is 9.97 Å². The van der Waals surface area contributed by atoms with Crippen molar-refractivity contribution >= 4 is 28.4 Å². The molecule has 2 rings (SSSR count). The van der Waals surface area contributed by atoms with Gasteiger partial charge in [-0.2, -0.15) is 0 Å². The lowest BCUT2D eigenvalue weighted by molar-refractivity contribution is 0.181. The summed E-state index contributed by atoms with van der Waals surface area (Å²) in [7, 11) is 1.63. The molecular formula is C15H18IN3O2. The molecule has 0 aliphatic heterocycles. The molecule has 112 valence electrons. The normalized spacial score (nSPS) is 10.9. The largest absolute Gasteiger partial charge is 0.491 e. The van der Waals surface area contributed by atoms with Crippen molar-refractivity contribution in [2.45, 2.75) is 26.6 Å². The van der Waals surface area contributed by atoms with E-state index in [0.717, 1.165) is 20.6 Å². The second-order valence-corrected chi connectivity index (χ2v) is 5.90. The number of ether oxygens (including phenoxy) is 2. The fourth-order valence-electron chi connectivity index (χ4n) is 1.83. The first-order valence-electron chi connectivity index (χ1n) is 6.59. The molecule has 0 fully saturated rings. The smallest absolute Gasteiger partial charge is 0.161 e. The topological polar surface area (TPSA) is 70.3 Å². The van der Waals surface area contributed by atoms with Crippen LogP contribution in [-0.4, -0.2) is 23.2 Å². The molecule has 0 aliphatic carbocycles. The zero-order valence-electron chi connectivity index (χ0n) is 12.3. The molecule has 5 nitrogen and oxygen atoms in total. The van der Waals surface area contributed by atoms with Gasteiger partial charge in [-0.15, -0.1) is 0 Å². The first kappa shape index (κ1) is 16.0. The number of nitrogen functional groups attached to an aromatic ring is 1. The molecule has 0 atom stereocenters. The number of aromatic nitrogens is 2. The van der Waals surface area contributed by atoms with Crippen molar-refractivity contribution < 1.29 is 9.47 Å². The minimum Gasteiger partial charge on any atom is -0.491 e. The molecule has 0 saturated carbocycles. The SMILES string of the molecule is COCc1nc(-c2ccc(OC(C)C)cc2)nc(N)c1I. The Morgan fingerprint density at radius 1 is 1.19 bits per heavy atom. The van der Waals surface area contributed by atoms with E-state index in [2.05, 4.69) is 32.6 Å². The van der Waals surface area contributed by atoms with Gasteiger partial charge in [-0.1, -0.05) is 0 Å². The van der Waals surface area contributed by atoms with Crippen LogP contribution in [-0.2, 0) is 11.3 Å². The molecule has 1 heterocycles. The number of hydrogen-bond acceptors (Lipinski definition) is 5. The predicted molar refractivity (Wildman–Crippen MR) is 91.1 cm³/mol. The summed E-state index contributed by atoms with van der Waals surface area (Å²) >= 11 is 2.13. The fourth-order valence-corrected chi connectivity index (χ4v) is 2.23. The second-order valence-electron chi connectivity index (χ2n) is 4.82. The Labute approximate surface area is 138 Å². The van der Waals surface area contributed by atoms with Crippen molar-refractivity contribution in [2.24, 2.45) is 0 Å². The predicted octanol–water partition coefficient (Wildman–Crippen LogP) is 3.26. The lowest BCUT2D eigenvalue weighted by Gasteiger charge is -2.11. The van der Waals surface area contributed by atoms with E-state index in [-0.39, 0.29) is 6.10 Å². The Bertz CT molecular complexity index is 615. The van der Waals surface area contributed by atoms with Gasteiger partial charge in [0, 0.05) is 12.7 Å². The van der Waals surface area contributed by atoms with Gasteiger partial charge in [0.2, 0.25) is 0 Å². The highest BCUT2D eigenvalue weighted by molar-refractivity contribution is 14.1. The summed E-state index contributed by atoms with van der Waals surface area (Å²) in [5.74, 6) is 1.88. The molecule has 0 saturated heterocycles. The van der Waals surface area contributed by atoms with E-state index in [9.17, 15) is 0 Å². The van der Waals surface area contributed by atoms with Crippen LogP contribution in [0.2, 0.25) is 0 Å². The highest BCUT2D eigenvalue weighted by Crippen LogP contribution is 2.24. The van der Waals surface area contributed by atoms with Gasteiger partial charge in [0.1, 0.15) is 11.6 Å². The summed E-state index contributed by atoms with van der Waals surface area (Å²) in [6, 6.07) is 7.66. The fraction of sp³-hybridized carbons (Fsp3) is 0.333. The Hall–Kier alpha value is -1.41. The molecule has 21 heavy (non-hydrogen) atoms. The highest BCUT2D eigenvalue weighted by atomic mass is 127. The number of halogens is 1. The molecule has 1 aromatic carbocycles. The van der Waals surface area contributed by atoms with E-state index in [4.69, 9.17) is 15.2 Å². The van der Waals surface area contributed by atoms with Crippen LogP contribution in [0.3, 0.4) is 0 Å². The van der Waals surface area contributed by atoms with Crippen LogP contribution in [0.25, 0.3) is 11.4 Å². The molecule has 0 aliphatic rings. The Morgan fingerprint density at radius 3 is 2.43 bits per heavy atom. The molecule has 6 heteroatoms. The van der Waals surface area contributed by atoms with E-state index in [1.54, 1.807) is 7.11 Å². The highest BCUT2D eigenvalue weighted by Gasteiger charge is 2.11. The van der Waals surface area contributed by atoms with E-state index in [0.29, 0.717) is 18.2 Å². The van der Waals surface area contributed by atoms with E-state index < -0.39 is 0 Å². The zero-order valence-corrected chi connectivity index (χ0v) is 14.4. The van der Waals surface area contributed by atoms with Crippen molar-refractivity contribution in [3.63, 3.8) is 0 Å². The molecule has 2 aromatic rings. The number of nitrogens with two attached hydrogens (primary N) is 1. The van der Waals surface area contributed by atoms with Gasteiger partial charge in [-0.3, -0.25) is 0 Å². The van der Waals surface area contributed by atoms with E-state index in [1.165, 1.54) is 0 Å². The van der Waals surface area contributed by atoms with Crippen molar-refractivity contribution in [1.82, 2.24) is 9.97 Å². The van der Waals surface area contributed by atoms with Crippen LogP contribution in [0.15, 0.2) is 24.3 Å². The molecule has 0 bridgehead atoms. The Balaban J connectivity index is 2.33. The maximum Gasteiger partial charge on any atom is 0.161 e. The number of anilines is 1. The van der Waals surface area contributed by atoms with Crippen molar-refractivity contribution in [3.8, 4) is 17.1 Å². The summed E-state index contributed by atoms with van der Waals surface area (Å²) in [6.07, 6.45) is 0.148. The summed E-state index contributed by atoms with van der Waals surface area (Å²) in [5.41, 5.74) is 7.64. The Kier molecular flexibility index (Phi) is 5.35. The summed E-state index contributed by atoms with van der Waals surface area (Å²) in [4.78, 5) is 8.86. The van der Waals surface area contributed by atoms with Crippen molar-refractivity contribution in [2.75, 3.05) is 12.8 Å². The molecule has 0 spiro atoms. The molecule has 0 radical (unpaired) electrons. The number of benzene rings is 1. The summed E-state index contributed by atoms with van der Waals surface area (Å²) in [5, 5.41) is 0. The van der Waals surface area contributed by atoms with Crippen molar-refractivity contribution in [3.05, 3.63) is 33.5 Å². The molecule has 2 N–H and O–H groups in total. The molecule has 0 amide bonds. The number of hydrogen-bond donors (Lipinski definition) is 1. The first-order valence-corrected chi connectivity index (χ1v) is 7.67. The zero-order chi connectivity index (χ0) is 15.4. The van der Waals surface area contributed by atoms with Crippen LogP contribution < -0.4 is 10.5 Å². The van der Waals surface area contributed by atoms with Gasteiger partial charge in [0.05, 0.1) is 22.0 Å². The quantitative estimate of drug-likeness (QED) is 0.782.